The van der Waals surface area contributed by atoms with Gasteiger partial charge in [0.25, 0.3) is 0 Å². The molecule has 4 N–H and O–H groups in total. The van der Waals surface area contributed by atoms with Gasteiger partial charge in [-0.3, -0.25) is 10.1 Å². The first kappa shape index (κ1) is 15.0. The molecule has 0 fully saturated rings. The van der Waals surface area contributed by atoms with E-state index in [1.807, 2.05) is 0 Å². The van der Waals surface area contributed by atoms with Crippen molar-refractivity contribution in [1.82, 2.24) is 0 Å². The van der Waals surface area contributed by atoms with E-state index in [2.05, 4.69) is 5.32 Å². The van der Waals surface area contributed by atoms with E-state index in [4.69, 9.17) is 15.6 Å². The van der Waals surface area contributed by atoms with Crippen molar-refractivity contribution in [2.75, 3.05) is 5.32 Å². The van der Waals surface area contributed by atoms with Crippen LogP contribution in [0.2, 0.25) is 0 Å². The fourth-order valence-corrected chi connectivity index (χ4v) is 1.34. The summed E-state index contributed by atoms with van der Waals surface area (Å²) in [7, 11) is 0. The van der Waals surface area contributed by atoms with Crippen LogP contribution in [0.3, 0.4) is 0 Å². The van der Waals surface area contributed by atoms with Gasteiger partial charge in [0.05, 0.1) is 0 Å². The maximum atomic E-state index is 11.5. The van der Waals surface area contributed by atoms with Crippen LogP contribution in [0.25, 0.3) is 0 Å². The number of hydrogen-bond donors (Lipinski definition) is 3. The van der Waals surface area contributed by atoms with Crippen molar-refractivity contribution in [3.8, 4) is 0 Å². The first-order valence-electron chi connectivity index (χ1n) is 5.77. The van der Waals surface area contributed by atoms with E-state index < -0.39 is 23.7 Å². The Hall–Kier alpha value is -2.08. The molecule has 0 heterocycles. The molecule has 1 unspecified atom stereocenters. The van der Waals surface area contributed by atoms with Gasteiger partial charge in [-0.25, -0.2) is 4.79 Å². The number of hydrogen-bond acceptors (Lipinski definition) is 4. The molecule has 0 aliphatic carbocycles. The van der Waals surface area contributed by atoms with Gasteiger partial charge in [-0.05, 0) is 38.5 Å². The van der Waals surface area contributed by atoms with Gasteiger partial charge >= 0.3 is 12.1 Å². The van der Waals surface area contributed by atoms with Crippen LogP contribution in [0.15, 0.2) is 24.3 Å². The lowest BCUT2D eigenvalue weighted by atomic mass is 10.1. The van der Waals surface area contributed by atoms with Gasteiger partial charge in [0.2, 0.25) is 0 Å². The molecule has 6 heteroatoms. The number of amides is 1. The number of rotatable bonds is 3. The van der Waals surface area contributed by atoms with Crippen LogP contribution in [0.4, 0.5) is 10.5 Å². The minimum absolute atomic E-state index is 0.460. The van der Waals surface area contributed by atoms with Crippen LogP contribution in [-0.2, 0) is 9.53 Å². The van der Waals surface area contributed by atoms with Crippen molar-refractivity contribution < 1.29 is 19.4 Å². The van der Waals surface area contributed by atoms with E-state index in [1.54, 1.807) is 45.0 Å². The quantitative estimate of drug-likeness (QED) is 0.777. The third-order valence-corrected chi connectivity index (χ3v) is 2.18. The Morgan fingerprint density at radius 2 is 1.79 bits per heavy atom. The van der Waals surface area contributed by atoms with Crippen molar-refractivity contribution in [2.45, 2.75) is 32.4 Å². The summed E-state index contributed by atoms with van der Waals surface area (Å²) < 4.78 is 5.09. The largest absolute Gasteiger partial charge is 0.480 e. The average molecular weight is 266 g/mol. The Bertz CT molecular complexity index is 463. The zero-order chi connectivity index (χ0) is 14.6. The van der Waals surface area contributed by atoms with Gasteiger partial charge in [-0.15, -0.1) is 0 Å². The minimum Gasteiger partial charge on any atom is -0.480 e. The second kappa shape index (κ2) is 5.71. The molecular weight excluding hydrogens is 248 g/mol. The van der Waals surface area contributed by atoms with E-state index in [0.717, 1.165) is 0 Å². The molecule has 0 spiro atoms. The molecule has 1 aromatic carbocycles. The van der Waals surface area contributed by atoms with Crippen LogP contribution >= 0.6 is 0 Å². The average Bonchev–Trinajstić information content (AvgIpc) is 2.26. The fourth-order valence-electron chi connectivity index (χ4n) is 1.34. The Labute approximate surface area is 111 Å². The molecule has 0 saturated heterocycles. The highest BCUT2D eigenvalue weighted by molar-refractivity contribution is 5.85. The molecule has 0 radical (unpaired) electrons. The molecule has 0 aromatic heterocycles. The van der Waals surface area contributed by atoms with E-state index in [1.165, 1.54) is 0 Å². The molecule has 0 bridgehead atoms. The predicted molar refractivity (Wildman–Crippen MR) is 70.9 cm³/mol. The maximum Gasteiger partial charge on any atom is 0.412 e. The number of benzene rings is 1. The van der Waals surface area contributed by atoms with Crippen molar-refractivity contribution in [3.05, 3.63) is 29.8 Å². The van der Waals surface area contributed by atoms with Gasteiger partial charge in [0.15, 0.2) is 0 Å². The SMILES string of the molecule is CC(C)(C)OC(=O)Nc1ccc(C(N)C(=O)O)cc1. The highest BCUT2D eigenvalue weighted by Gasteiger charge is 2.17. The van der Waals surface area contributed by atoms with Crippen LogP contribution in [0.1, 0.15) is 32.4 Å². The summed E-state index contributed by atoms with van der Waals surface area (Å²) in [6.45, 7) is 5.30. The van der Waals surface area contributed by atoms with Gasteiger partial charge in [0.1, 0.15) is 11.6 Å². The van der Waals surface area contributed by atoms with Crippen molar-refractivity contribution in [1.29, 1.82) is 0 Å². The van der Waals surface area contributed by atoms with Crippen LogP contribution < -0.4 is 11.1 Å². The lowest BCUT2D eigenvalue weighted by Gasteiger charge is -2.19. The third kappa shape index (κ3) is 4.97. The number of carbonyl (C=O) groups is 2. The summed E-state index contributed by atoms with van der Waals surface area (Å²) >= 11 is 0. The Balaban J connectivity index is 2.67. The van der Waals surface area contributed by atoms with Crippen LogP contribution in [0, 0.1) is 0 Å². The molecule has 1 atom stereocenters. The number of carboxylic acid groups (broad SMARTS) is 1. The lowest BCUT2D eigenvalue weighted by molar-refractivity contribution is -0.138. The van der Waals surface area contributed by atoms with E-state index >= 15 is 0 Å². The number of carboxylic acids is 1. The second-order valence-electron chi connectivity index (χ2n) is 5.06. The lowest BCUT2D eigenvalue weighted by Crippen LogP contribution is -2.27. The predicted octanol–water partition coefficient (Wildman–Crippen LogP) is 2.12. The fraction of sp³-hybridized carbons (Fsp3) is 0.385. The normalized spacial score (nSPS) is 12.6. The summed E-state index contributed by atoms with van der Waals surface area (Å²) in [5.41, 5.74) is 5.86. The Morgan fingerprint density at radius 1 is 1.26 bits per heavy atom. The molecule has 1 rings (SSSR count). The molecule has 6 nitrogen and oxygen atoms in total. The number of anilines is 1. The van der Waals surface area contributed by atoms with E-state index in [0.29, 0.717) is 11.3 Å². The van der Waals surface area contributed by atoms with Crippen LogP contribution in [0.5, 0.6) is 0 Å². The van der Waals surface area contributed by atoms with Gasteiger partial charge in [-0.2, -0.15) is 0 Å². The van der Waals surface area contributed by atoms with E-state index in [9.17, 15) is 9.59 Å². The van der Waals surface area contributed by atoms with Crippen molar-refractivity contribution in [3.63, 3.8) is 0 Å². The Morgan fingerprint density at radius 3 is 2.21 bits per heavy atom. The first-order chi connectivity index (χ1) is 8.69. The molecule has 19 heavy (non-hydrogen) atoms. The standard InChI is InChI=1S/C13H18N2O4/c1-13(2,3)19-12(18)15-9-6-4-8(5-7-9)10(14)11(16)17/h4-7,10H,14H2,1-3H3,(H,15,18)(H,16,17). The molecule has 1 aromatic rings. The summed E-state index contributed by atoms with van der Waals surface area (Å²) in [6, 6.07) is 5.16. The molecule has 0 aliphatic heterocycles. The number of ether oxygens (including phenoxy) is 1. The smallest absolute Gasteiger partial charge is 0.412 e. The molecule has 104 valence electrons. The third-order valence-electron chi connectivity index (χ3n) is 2.18. The first-order valence-corrected chi connectivity index (χ1v) is 5.77. The number of nitrogens with two attached hydrogens (primary N) is 1. The minimum atomic E-state index is -1.10. The number of nitrogens with one attached hydrogen (secondary N) is 1. The van der Waals surface area contributed by atoms with Gasteiger partial charge in [0, 0.05) is 5.69 Å². The molecule has 1 amide bonds. The number of carbonyl (C=O) groups excluding carboxylic acids is 1. The second-order valence-corrected chi connectivity index (χ2v) is 5.06. The monoisotopic (exact) mass is 266 g/mol. The summed E-state index contributed by atoms with van der Waals surface area (Å²) in [5.74, 6) is -1.10. The van der Waals surface area contributed by atoms with Crippen molar-refractivity contribution in [2.24, 2.45) is 5.73 Å². The van der Waals surface area contributed by atoms with E-state index in [-0.39, 0.29) is 0 Å². The summed E-state index contributed by atoms with van der Waals surface area (Å²) in [4.78, 5) is 22.2. The van der Waals surface area contributed by atoms with Crippen molar-refractivity contribution >= 4 is 17.7 Å². The number of aliphatic carboxylic acids is 1. The van der Waals surface area contributed by atoms with Gasteiger partial charge in [-0.1, -0.05) is 12.1 Å². The zero-order valence-corrected chi connectivity index (χ0v) is 11.1. The highest BCUT2D eigenvalue weighted by Crippen LogP contribution is 2.16. The zero-order valence-electron chi connectivity index (χ0n) is 11.1. The summed E-state index contributed by atoms with van der Waals surface area (Å²) in [6.07, 6.45) is -0.567. The molecule has 0 saturated carbocycles. The topological polar surface area (TPSA) is 102 Å². The summed E-state index contributed by atoms with van der Waals surface area (Å²) in [5, 5.41) is 11.3. The highest BCUT2D eigenvalue weighted by atomic mass is 16.6. The van der Waals surface area contributed by atoms with Gasteiger partial charge < -0.3 is 15.6 Å². The maximum absolute atomic E-state index is 11.5. The molecule has 0 aliphatic rings. The Kier molecular flexibility index (Phi) is 4.50. The molecular formula is C13H18N2O4. The van der Waals surface area contributed by atoms with Crippen LogP contribution in [-0.4, -0.2) is 22.8 Å².